The minimum absolute atomic E-state index is 0.221. The number of amides is 1. The number of hydrogen-bond donors (Lipinski definition) is 1. The Kier molecular flexibility index (Phi) is 7.54. The lowest BCUT2D eigenvalue weighted by Gasteiger charge is -2.15. The second kappa shape index (κ2) is 7.84. The van der Waals surface area contributed by atoms with E-state index in [-0.39, 0.29) is 11.8 Å². The molecule has 0 bridgehead atoms. The topological polar surface area (TPSA) is 29.1 Å². The second-order valence-electron chi connectivity index (χ2n) is 4.42. The van der Waals surface area contributed by atoms with E-state index in [2.05, 4.69) is 26.1 Å². The summed E-state index contributed by atoms with van der Waals surface area (Å²) in [5.41, 5.74) is 0. The molecule has 1 N–H and O–H groups in total. The predicted molar refractivity (Wildman–Crippen MR) is 61.2 cm³/mol. The second-order valence-corrected chi connectivity index (χ2v) is 4.42. The monoisotopic (exact) mass is 199 g/mol. The summed E-state index contributed by atoms with van der Waals surface area (Å²) in [5, 5.41) is 2.76. The third kappa shape index (κ3) is 6.01. The Morgan fingerprint density at radius 2 is 1.86 bits per heavy atom. The standard InChI is InChI=1S/C12H25NO/c1-5-6-7-11(12(14)13-4)9-8-10(2)3/h10-11H,5-9H2,1-4H3,(H,13,14). The minimum Gasteiger partial charge on any atom is -0.359 e. The average Bonchev–Trinajstić information content (AvgIpc) is 2.16. The fourth-order valence-corrected chi connectivity index (χ4v) is 1.60. The Morgan fingerprint density at radius 1 is 1.21 bits per heavy atom. The quantitative estimate of drug-likeness (QED) is 0.671. The zero-order valence-corrected chi connectivity index (χ0v) is 10.1. The normalized spacial score (nSPS) is 12.9. The van der Waals surface area contributed by atoms with Gasteiger partial charge in [0.05, 0.1) is 0 Å². The summed E-state index contributed by atoms with van der Waals surface area (Å²) < 4.78 is 0. The molecule has 0 aliphatic rings. The van der Waals surface area contributed by atoms with E-state index in [9.17, 15) is 4.79 Å². The van der Waals surface area contributed by atoms with Crippen LogP contribution in [0.1, 0.15) is 52.9 Å². The molecule has 0 aromatic rings. The van der Waals surface area contributed by atoms with Crippen molar-refractivity contribution in [3.8, 4) is 0 Å². The van der Waals surface area contributed by atoms with Gasteiger partial charge in [0.15, 0.2) is 0 Å². The van der Waals surface area contributed by atoms with Crippen molar-refractivity contribution in [2.45, 2.75) is 52.9 Å². The summed E-state index contributed by atoms with van der Waals surface area (Å²) in [6.45, 7) is 6.59. The fourth-order valence-electron chi connectivity index (χ4n) is 1.60. The molecule has 1 amide bonds. The molecule has 1 atom stereocenters. The van der Waals surface area contributed by atoms with Crippen LogP contribution >= 0.6 is 0 Å². The smallest absolute Gasteiger partial charge is 0.222 e. The Morgan fingerprint density at radius 3 is 2.29 bits per heavy atom. The van der Waals surface area contributed by atoms with Gasteiger partial charge in [-0.15, -0.1) is 0 Å². The first-order valence-electron chi connectivity index (χ1n) is 5.83. The Hall–Kier alpha value is -0.530. The minimum atomic E-state index is 0.221. The summed E-state index contributed by atoms with van der Waals surface area (Å²) in [6.07, 6.45) is 5.58. The van der Waals surface area contributed by atoms with Crippen molar-refractivity contribution in [1.82, 2.24) is 5.32 Å². The van der Waals surface area contributed by atoms with E-state index >= 15 is 0 Å². The van der Waals surface area contributed by atoms with Crippen LogP contribution in [-0.4, -0.2) is 13.0 Å². The molecule has 0 saturated carbocycles. The van der Waals surface area contributed by atoms with Crippen molar-refractivity contribution < 1.29 is 4.79 Å². The van der Waals surface area contributed by atoms with Gasteiger partial charge >= 0.3 is 0 Å². The first-order chi connectivity index (χ1) is 6.61. The number of carbonyl (C=O) groups excluding carboxylic acids is 1. The summed E-state index contributed by atoms with van der Waals surface area (Å²) in [7, 11) is 1.73. The Labute approximate surface area is 88.5 Å². The van der Waals surface area contributed by atoms with Gasteiger partial charge in [0.25, 0.3) is 0 Å². The van der Waals surface area contributed by atoms with E-state index in [0.29, 0.717) is 5.92 Å². The maximum atomic E-state index is 11.5. The molecular formula is C12H25NO. The van der Waals surface area contributed by atoms with Crippen molar-refractivity contribution in [1.29, 1.82) is 0 Å². The molecule has 14 heavy (non-hydrogen) atoms. The van der Waals surface area contributed by atoms with E-state index in [0.717, 1.165) is 25.7 Å². The maximum Gasteiger partial charge on any atom is 0.222 e. The molecule has 0 heterocycles. The first kappa shape index (κ1) is 13.5. The van der Waals surface area contributed by atoms with E-state index in [1.165, 1.54) is 6.42 Å². The maximum absolute atomic E-state index is 11.5. The first-order valence-corrected chi connectivity index (χ1v) is 5.83. The molecule has 0 radical (unpaired) electrons. The van der Waals surface area contributed by atoms with Crippen LogP contribution in [0, 0.1) is 11.8 Å². The molecule has 2 heteroatoms. The Bertz CT molecular complexity index is 154. The summed E-state index contributed by atoms with van der Waals surface area (Å²) in [6, 6.07) is 0. The Balaban J connectivity index is 3.90. The molecule has 1 unspecified atom stereocenters. The average molecular weight is 199 g/mol. The van der Waals surface area contributed by atoms with Crippen molar-refractivity contribution in [3.63, 3.8) is 0 Å². The van der Waals surface area contributed by atoms with E-state index < -0.39 is 0 Å². The van der Waals surface area contributed by atoms with Gasteiger partial charge in [-0.25, -0.2) is 0 Å². The molecule has 0 rings (SSSR count). The molecular weight excluding hydrogens is 174 g/mol. The number of rotatable bonds is 7. The van der Waals surface area contributed by atoms with Crippen LogP contribution in [0.2, 0.25) is 0 Å². The highest BCUT2D eigenvalue weighted by Crippen LogP contribution is 2.18. The molecule has 0 aliphatic heterocycles. The number of unbranched alkanes of at least 4 members (excludes halogenated alkanes) is 1. The SMILES string of the molecule is CCCCC(CCC(C)C)C(=O)NC. The third-order valence-corrected chi connectivity index (χ3v) is 2.62. The zero-order valence-electron chi connectivity index (χ0n) is 10.1. The highest BCUT2D eigenvalue weighted by molar-refractivity contribution is 5.78. The highest BCUT2D eigenvalue weighted by atomic mass is 16.1. The van der Waals surface area contributed by atoms with Crippen molar-refractivity contribution in [2.24, 2.45) is 11.8 Å². The van der Waals surface area contributed by atoms with Gasteiger partial charge in [-0.05, 0) is 18.8 Å². The predicted octanol–water partition coefficient (Wildman–Crippen LogP) is 2.98. The lowest BCUT2D eigenvalue weighted by atomic mass is 9.92. The fraction of sp³-hybridized carbons (Fsp3) is 0.917. The molecule has 0 fully saturated rings. The van der Waals surface area contributed by atoms with E-state index in [4.69, 9.17) is 0 Å². The van der Waals surface area contributed by atoms with Gasteiger partial charge in [-0.3, -0.25) is 4.79 Å². The molecule has 0 aromatic heterocycles. The van der Waals surface area contributed by atoms with Crippen LogP contribution in [0.3, 0.4) is 0 Å². The van der Waals surface area contributed by atoms with Gasteiger partial charge < -0.3 is 5.32 Å². The zero-order chi connectivity index (χ0) is 11.0. The third-order valence-electron chi connectivity index (χ3n) is 2.62. The van der Waals surface area contributed by atoms with Crippen molar-refractivity contribution in [2.75, 3.05) is 7.05 Å². The van der Waals surface area contributed by atoms with Crippen molar-refractivity contribution in [3.05, 3.63) is 0 Å². The van der Waals surface area contributed by atoms with Crippen LogP contribution in [0.15, 0.2) is 0 Å². The number of carbonyl (C=O) groups is 1. The largest absolute Gasteiger partial charge is 0.359 e. The van der Waals surface area contributed by atoms with Crippen molar-refractivity contribution >= 4 is 5.91 Å². The van der Waals surface area contributed by atoms with Gasteiger partial charge in [0.2, 0.25) is 5.91 Å². The molecule has 0 aromatic carbocycles. The lowest BCUT2D eigenvalue weighted by molar-refractivity contribution is -0.125. The van der Waals surface area contributed by atoms with Gasteiger partial charge in [-0.2, -0.15) is 0 Å². The number of hydrogen-bond acceptors (Lipinski definition) is 1. The highest BCUT2D eigenvalue weighted by Gasteiger charge is 2.16. The van der Waals surface area contributed by atoms with Crippen LogP contribution < -0.4 is 5.32 Å². The van der Waals surface area contributed by atoms with Crippen LogP contribution in [0.5, 0.6) is 0 Å². The molecule has 0 aliphatic carbocycles. The lowest BCUT2D eigenvalue weighted by Crippen LogP contribution is -2.27. The summed E-state index contributed by atoms with van der Waals surface area (Å²) in [4.78, 5) is 11.5. The summed E-state index contributed by atoms with van der Waals surface area (Å²) >= 11 is 0. The van der Waals surface area contributed by atoms with Crippen LogP contribution in [0.25, 0.3) is 0 Å². The van der Waals surface area contributed by atoms with E-state index in [1.807, 2.05) is 0 Å². The van der Waals surface area contributed by atoms with E-state index in [1.54, 1.807) is 7.05 Å². The van der Waals surface area contributed by atoms with Gasteiger partial charge in [-0.1, -0.05) is 40.0 Å². The molecule has 0 spiro atoms. The van der Waals surface area contributed by atoms with Crippen LogP contribution in [-0.2, 0) is 4.79 Å². The molecule has 84 valence electrons. The van der Waals surface area contributed by atoms with Gasteiger partial charge in [0, 0.05) is 13.0 Å². The van der Waals surface area contributed by atoms with Crippen LogP contribution in [0.4, 0.5) is 0 Å². The molecule has 2 nitrogen and oxygen atoms in total. The summed E-state index contributed by atoms with van der Waals surface area (Å²) in [5.74, 6) is 1.16. The number of nitrogens with one attached hydrogen (secondary N) is 1. The van der Waals surface area contributed by atoms with Gasteiger partial charge in [0.1, 0.15) is 0 Å². The molecule has 0 saturated heterocycles.